The predicted molar refractivity (Wildman–Crippen MR) is 83.1 cm³/mol. The highest BCUT2D eigenvalue weighted by Crippen LogP contribution is 2.13. The Labute approximate surface area is 121 Å². The average molecular weight is 282 g/mol. The first-order chi connectivity index (χ1) is 9.04. The van der Waals surface area contributed by atoms with Crippen molar-refractivity contribution in [2.45, 2.75) is 32.7 Å². The number of carbonyl (C=O) groups is 1. The third-order valence-electron chi connectivity index (χ3n) is 3.30. The summed E-state index contributed by atoms with van der Waals surface area (Å²) in [5, 5.41) is 1.96. The second-order valence-electron chi connectivity index (χ2n) is 5.24. The van der Waals surface area contributed by atoms with E-state index < -0.39 is 0 Å². The maximum absolute atomic E-state index is 11.9. The van der Waals surface area contributed by atoms with Crippen molar-refractivity contribution in [3.05, 3.63) is 22.4 Å². The molecule has 108 valence electrons. The van der Waals surface area contributed by atoms with E-state index >= 15 is 0 Å². The number of Topliss-reactive ketones (excluding diaryl/α,β-unsaturated/α-hetero) is 1. The smallest absolute Gasteiger partial charge is 0.172 e. The molecule has 1 aromatic rings. The summed E-state index contributed by atoms with van der Waals surface area (Å²) >= 11 is 1.54. The van der Waals surface area contributed by atoms with E-state index in [0.717, 1.165) is 30.9 Å². The minimum absolute atomic E-state index is 0.284. The van der Waals surface area contributed by atoms with Gasteiger partial charge in [0.1, 0.15) is 0 Å². The van der Waals surface area contributed by atoms with Gasteiger partial charge in [0.2, 0.25) is 0 Å². The third-order valence-corrected chi connectivity index (χ3v) is 4.21. The summed E-state index contributed by atoms with van der Waals surface area (Å²) in [6, 6.07) is 4.39. The van der Waals surface area contributed by atoms with Crippen molar-refractivity contribution in [1.29, 1.82) is 0 Å². The van der Waals surface area contributed by atoms with Gasteiger partial charge in [0.05, 0.1) is 4.88 Å². The SMILES string of the molecule is CCN(CCCC(=O)c1cccs1)C(C)CN(C)C. The van der Waals surface area contributed by atoms with Crippen LogP contribution in [0.25, 0.3) is 0 Å². The van der Waals surface area contributed by atoms with Crippen LogP contribution in [0.15, 0.2) is 17.5 Å². The van der Waals surface area contributed by atoms with E-state index in [1.54, 1.807) is 11.3 Å². The maximum atomic E-state index is 11.9. The fraction of sp³-hybridized carbons (Fsp3) is 0.667. The summed E-state index contributed by atoms with van der Waals surface area (Å²) in [5.74, 6) is 0.284. The van der Waals surface area contributed by atoms with Crippen LogP contribution in [0.2, 0.25) is 0 Å². The van der Waals surface area contributed by atoms with Crippen molar-refractivity contribution in [2.75, 3.05) is 33.7 Å². The minimum Gasteiger partial charge on any atom is -0.308 e. The van der Waals surface area contributed by atoms with E-state index in [-0.39, 0.29) is 5.78 Å². The summed E-state index contributed by atoms with van der Waals surface area (Å²) in [6.45, 7) is 7.55. The molecule has 19 heavy (non-hydrogen) atoms. The Balaban J connectivity index is 2.31. The Hall–Kier alpha value is -0.710. The number of ketones is 1. The highest BCUT2D eigenvalue weighted by Gasteiger charge is 2.13. The summed E-state index contributed by atoms with van der Waals surface area (Å²) < 4.78 is 0. The summed E-state index contributed by atoms with van der Waals surface area (Å²) in [6.07, 6.45) is 1.61. The molecule has 0 fully saturated rings. The number of hydrogen-bond donors (Lipinski definition) is 0. The molecule has 0 saturated heterocycles. The van der Waals surface area contributed by atoms with Crippen LogP contribution in [0, 0.1) is 0 Å². The van der Waals surface area contributed by atoms with Crippen LogP contribution < -0.4 is 0 Å². The fourth-order valence-corrected chi connectivity index (χ4v) is 3.03. The lowest BCUT2D eigenvalue weighted by atomic mass is 10.1. The number of thiophene rings is 1. The first-order valence-electron chi connectivity index (χ1n) is 7.00. The highest BCUT2D eigenvalue weighted by atomic mass is 32.1. The maximum Gasteiger partial charge on any atom is 0.172 e. The molecule has 0 aliphatic rings. The van der Waals surface area contributed by atoms with Crippen molar-refractivity contribution in [2.24, 2.45) is 0 Å². The lowest BCUT2D eigenvalue weighted by Crippen LogP contribution is -2.40. The van der Waals surface area contributed by atoms with E-state index in [2.05, 4.69) is 37.7 Å². The van der Waals surface area contributed by atoms with Gasteiger partial charge in [0.15, 0.2) is 5.78 Å². The van der Waals surface area contributed by atoms with Gasteiger partial charge >= 0.3 is 0 Å². The fourth-order valence-electron chi connectivity index (χ4n) is 2.34. The van der Waals surface area contributed by atoms with E-state index in [9.17, 15) is 4.79 Å². The number of nitrogens with zero attached hydrogens (tertiary/aromatic N) is 2. The van der Waals surface area contributed by atoms with Gasteiger partial charge in [-0.15, -0.1) is 11.3 Å². The average Bonchev–Trinajstić information content (AvgIpc) is 2.87. The molecule has 0 aromatic carbocycles. The van der Waals surface area contributed by atoms with Gasteiger partial charge in [0.25, 0.3) is 0 Å². The van der Waals surface area contributed by atoms with Gasteiger partial charge in [-0.2, -0.15) is 0 Å². The lowest BCUT2D eigenvalue weighted by Gasteiger charge is -2.29. The van der Waals surface area contributed by atoms with E-state index in [4.69, 9.17) is 0 Å². The lowest BCUT2D eigenvalue weighted by molar-refractivity contribution is 0.0973. The second kappa shape index (κ2) is 8.46. The van der Waals surface area contributed by atoms with Gasteiger partial charge in [-0.1, -0.05) is 13.0 Å². The molecule has 0 radical (unpaired) electrons. The van der Waals surface area contributed by atoms with Gasteiger partial charge in [0, 0.05) is 19.0 Å². The standard InChI is InChI=1S/C15H26N2OS/c1-5-17(13(2)12-16(3)4)10-6-8-14(18)15-9-7-11-19-15/h7,9,11,13H,5-6,8,10,12H2,1-4H3. The normalized spacial score (nSPS) is 13.2. The molecule has 1 aromatic heterocycles. The highest BCUT2D eigenvalue weighted by molar-refractivity contribution is 7.12. The molecule has 3 nitrogen and oxygen atoms in total. The van der Waals surface area contributed by atoms with Crippen LogP contribution in [-0.2, 0) is 0 Å². The monoisotopic (exact) mass is 282 g/mol. The molecule has 0 spiro atoms. The predicted octanol–water partition coefficient (Wildman–Crippen LogP) is 2.98. The molecule has 4 heteroatoms. The topological polar surface area (TPSA) is 23.6 Å². The minimum atomic E-state index is 0.284. The van der Waals surface area contributed by atoms with Crippen LogP contribution in [-0.4, -0.2) is 55.4 Å². The number of hydrogen-bond acceptors (Lipinski definition) is 4. The molecular weight excluding hydrogens is 256 g/mol. The third kappa shape index (κ3) is 5.85. The molecule has 0 amide bonds. The molecule has 0 aliphatic carbocycles. The van der Waals surface area contributed by atoms with Crippen LogP contribution >= 0.6 is 11.3 Å². The quantitative estimate of drug-likeness (QED) is 0.651. The van der Waals surface area contributed by atoms with Gasteiger partial charge < -0.3 is 4.90 Å². The largest absolute Gasteiger partial charge is 0.308 e. The Morgan fingerprint density at radius 3 is 2.68 bits per heavy atom. The number of carbonyl (C=O) groups excluding carboxylic acids is 1. The molecule has 0 N–H and O–H groups in total. The van der Waals surface area contributed by atoms with Crippen LogP contribution in [0.1, 0.15) is 36.4 Å². The molecule has 0 saturated carbocycles. The first-order valence-corrected chi connectivity index (χ1v) is 7.88. The van der Waals surface area contributed by atoms with Gasteiger partial charge in [-0.25, -0.2) is 0 Å². The molecule has 0 bridgehead atoms. The Bertz CT molecular complexity index is 362. The van der Waals surface area contributed by atoms with Crippen molar-refractivity contribution < 1.29 is 4.79 Å². The van der Waals surface area contributed by atoms with Crippen LogP contribution in [0.5, 0.6) is 0 Å². The molecule has 1 atom stereocenters. The zero-order valence-electron chi connectivity index (χ0n) is 12.6. The zero-order chi connectivity index (χ0) is 14.3. The molecular formula is C15H26N2OS. The Morgan fingerprint density at radius 2 is 2.16 bits per heavy atom. The zero-order valence-corrected chi connectivity index (χ0v) is 13.4. The van der Waals surface area contributed by atoms with Crippen LogP contribution in [0.4, 0.5) is 0 Å². The number of likely N-dealkylation sites (N-methyl/N-ethyl adjacent to an activating group) is 2. The molecule has 1 unspecified atom stereocenters. The van der Waals surface area contributed by atoms with E-state index in [1.807, 2.05) is 17.5 Å². The van der Waals surface area contributed by atoms with Crippen molar-refractivity contribution >= 4 is 17.1 Å². The molecule has 0 aliphatic heterocycles. The van der Waals surface area contributed by atoms with Crippen molar-refractivity contribution in [3.8, 4) is 0 Å². The van der Waals surface area contributed by atoms with Crippen molar-refractivity contribution in [1.82, 2.24) is 9.80 Å². The summed E-state index contributed by atoms with van der Waals surface area (Å²) in [5.41, 5.74) is 0. The van der Waals surface area contributed by atoms with Gasteiger partial charge in [-0.3, -0.25) is 9.69 Å². The Kier molecular flexibility index (Phi) is 7.28. The van der Waals surface area contributed by atoms with Gasteiger partial charge in [-0.05, 0) is 52.0 Å². The van der Waals surface area contributed by atoms with Crippen molar-refractivity contribution in [3.63, 3.8) is 0 Å². The molecule has 1 heterocycles. The van der Waals surface area contributed by atoms with E-state index in [0.29, 0.717) is 12.5 Å². The first kappa shape index (κ1) is 16.3. The molecule has 1 rings (SSSR count). The second-order valence-corrected chi connectivity index (χ2v) is 6.19. The summed E-state index contributed by atoms with van der Waals surface area (Å²) in [4.78, 5) is 17.5. The van der Waals surface area contributed by atoms with Crippen LogP contribution in [0.3, 0.4) is 0 Å². The Morgan fingerprint density at radius 1 is 1.42 bits per heavy atom. The van der Waals surface area contributed by atoms with E-state index in [1.165, 1.54) is 0 Å². The summed E-state index contributed by atoms with van der Waals surface area (Å²) in [7, 11) is 4.20. The number of rotatable bonds is 9.